The summed E-state index contributed by atoms with van der Waals surface area (Å²) in [6.45, 7) is 2.88. The fourth-order valence-corrected chi connectivity index (χ4v) is 3.34. The van der Waals surface area contributed by atoms with Gasteiger partial charge in [0.05, 0.1) is 25.5 Å². The molecule has 24 heavy (non-hydrogen) atoms. The Labute approximate surface area is 157 Å². The molecule has 0 spiro atoms. The molecule has 1 aromatic carbocycles. The summed E-state index contributed by atoms with van der Waals surface area (Å²) in [6.07, 6.45) is 10.6. The zero-order valence-corrected chi connectivity index (χ0v) is 16.6. The Morgan fingerprint density at radius 2 is 1.92 bits per heavy atom. The van der Waals surface area contributed by atoms with E-state index in [1.165, 1.54) is 38.5 Å². The monoisotopic (exact) mass is 443 g/mol. The van der Waals surface area contributed by atoms with Gasteiger partial charge in [-0.1, -0.05) is 44.2 Å². The van der Waals surface area contributed by atoms with E-state index in [0.29, 0.717) is 12.3 Å². The van der Waals surface area contributed by atoms with Crippen molar-refractivity contribution in [2.24, 2.45) is 0 Å². The Kier molecular flexibility index (Phi) is 7.81. The highest BCUT2D eigenvalue weighted by Crippen LogP contribution is 2.30. The van der Waals surface area contributed by atoms with E-state index in [0.717, 1.165) is 21.2 Å². The minimum absolute atomic E-state index is 0.163. The third-order valence-electron chi connectivity index (χ3n) is 4.15. The Balaban J connectivity index is 1.95. The second-order valence-electron chi connectivity index (χ2n) is 6.02. The molecule has 0 fully saturated rings. The van der Waals surface area contributed by atoms with Crippen LogP contribution in [0.25, 0.3) is 0 Å². The minimum atomic E-state index is 0.163. The van der Waals surface area contributed by atoms with Crippen LogP contribution in [0.4, 0.5) is 0 Å². The number of hydrogen-bond donors (Lipinski definition) is 1. The summed E-state index contributed by atoms with van der Waals surface area (Å²) in [5.41, 5.74) is 2.23. The third-order valence-corrected chi connectivity index (χ3v) is 5.16. The molecule has 1 aromatic heterocycles. The molecule has 5 nitrogen and oxygen atoms in total. The van der Waals surface area contributed by atoms with Crippen LogP contribution in [0.15, 0.2) is 18.3 Å². The smallest absolute Gasteiger partial charge is 0.160 e. The number of aromatic nitrogens is 3. The minimum Gasteiger partial charge on any atom is -0.504 e. The molecule has 0 unspecified atom stereocenters. The topological polar surface area (TPSA) is 60.2 Å². The number of benzene rings is 1. The van der Waals surface area contributed by atoms with Crippen molar-refractivity contribution in [1.82, 2.24) is 15.0 Å². The molecule has 2 aromatic rings. The molecule has 0 radical (unpaired) electrons. The van der Waals surface area contributed by atoms with Gasteiger partial charge in [0, 0.05) is 3.57 Å². The summed E-state index contributed by atoms with van der Waals surface area (Å²) in [7, 11) is 1.56. The molecule has 0 aliphatic heterocycles. The average Bonchev–Trinajstić information content (AvgIpc) is 3.00. The van der Waals surface area contributed by atoms with Gasteiger partial charge < -0.3 is 9.84 Å². The Hall–Kier alpha value is -1.31. The lowest BCUT2D eigenvalue weighted by molar-refractivity contribution is 0.372. The van der Waals surface area contributed by atoms with Crippen LogP contribution in [0, 0.1) is 3.57 Å². The number of ether oxygens (including phenoxy) is 1. The van der Waals surface area contributed by atoms with Crippen LogP contribution in [0.3, 0.4) is 0 Å². The lowest BCUT2D eigenvalue weighted by Crippen LogP contribution is -2.08. The van der Waals surface area contributed by atoms with E-state index in [1.54, 1.807) is 13.2 Å². The number of aryl methyl sites for hydroxylation is 1. The van der Waals surface area contributed by atoms with Crippen molar-refractivity contribution in [2.45, 2.75) is 58.4 Å². The second kappa shape index (κ2) is 9.86. The van der Waals surface area contributed by atoms with Crippen LogP contribution >= 0.6 is 22.6 Å². The van der Waals surface area contributed by atoms with Gasteiger partial charge in [0.1, 0.15) is 0 Å². The molecular formula is C18H26IN3O2. The van der Waals surface area contributed by atoms with Crippen LogP contribution in [-0.4, -0.2) is 27.2 Å². The highest BCUT2D eigenvalue weighted by atomic mass is 127. The molecule has 6 heteroatoms. The first kappa shape index (κ1) is 19.0. The van der Waals surface area contributed by atoms with Crippen molar-refractivity contribution < 1.29 is 9.84 Å². The van der Waals surface area contributed by atoms with E-state index in [2.05, 4.69) is 39.8 Å². The molecule has 0 amide bonds. The number of rotatable bonds is 10. The Morgan fingerprint density at radius 1 is 1.17 bits per heavy atom. The molecule has 1 N–H and O–H groups in total. The first-order valence-corrected chi connectivity index (χ1v) is 9.66. The largest absolute Gasteiger partial charge is 0.504 e. The van der Waals surface area contributed by atoms with Crippen LogP contribution in [-0.2, 0) is 13.0 Å². The summed E-state index contributed by atoms with van der Waals surface area (Å²) in [4.78, 5) is 0. The predicted octanol–water partition coefficient (Wildman–Crippen LogP) is 4.55. The number of unbranched alkanes of at least 4 members (excludes halogenated alkanes) is 5. The lowest BCUT2D eigenvalue weighted by Gasteiger charge is -2.11. The normalized spacial score (nSPS) is 11.0. The van der Waals surface area contributed by atoms with Gasteiger partial charge in [-0.2, -0.15) is 0 Å². The van der Waals surface area contributed by atoms with Crippen molar-refractivity contribution in [1.29, 1.82) is 0 Å². The van der Waals surface area contributed by atoms with Gasteiger partial charge in [0.15, 0.2) is 11.5 Å². The first-order chi connectivity index (χ1) is 11.7. The lowest BCUT2D eigenvalue weighted by atomic mass is 10.1. The van der Waals surface area contributed by atoms with E-state index in [1.807, 2.05) is 16.9 Å². The number of phenols is 1. The molecule has 132 valence electrons. The van der Waals surface area contributed by atoms with E-state index >= 15 is 0 Å². The summed E-state index contributed by atoms with van der Waals surface area (Å²) in [5.74, 6) is 0.652. The zero-order chi connectivity index (χ0) is 17.4. The number of phenolic OH excluding ortho intramolecular Hbond substituents is 1. The maximum absolute atomic E-state index is 9.84. The van der Waals surface area contributed by atoms with E-state index in [-0.39, 0.29) is 5.75 Å². The zero-order valence-electron chi connectivity index (χ0n) is 14.5. The maximum Gasteiger partial charge on any atom is 0.160 e. The molecule has 0 saturated carbocycles. The number of nitrogens with zero attached hydrogens (tertiary/aromatic N) is 3. The van der Waals surface area contributed by atoms with Gasteiger partial charge in [-0.05, 0) is 53.1 Å². The van der Waals surface area contributed by atoms with Crippen molar-refractivity contribution in [3.05, 3.63) is 33.2 Å². The molecule has 2 rings (SSSR count). The van der Waals surface area contributed by atoms with Gasteiger partial charge in [0.25, 0.3) is 0 Å². The Morgan fingerprint density at radius 3 is 2.67 bits per heavy atom. The van der Waals surface area contributed by atoms with Gasteiger partial charge in [-0.25, -0.2) is 4.68 Å². The maximum atomic E-state index is 9.84. The van der Waals surface area contributed by atoms with Crippen LogP contribution < -0.4 is 4.74 Å². The molecule has 0 atom stereocenters. The van der Waals surface area contributed by atoms with Crippen molar-refractivity contribution in [3.63, 3.8) is 0 Å². The quantitative estimate of drug-likeness (QED) is 0.433. The van der Waals surface area contributed by atoms with Crippen molar-refractivity contribution in [3.8, 4) is 11.5 Å². The standard InChI is InChI=1S/C18H26IN3O2/c1-3-4-5-6-7-8-9-15-12-20-21-22(15)13-14-10-18(24-2)17(23)11-16(14)19/h10-12,23H,3-9,13H2,1-2H3. The Bertz CT molecular complexity index is 643. The summed E-state index contributed by atoms with van der Waals surface area (Å²) < 4.78 is 8.14. The summed E-state index contributed by atoms with van der Waals surface area (Å²) >= 11 is 2.23. The van der Waals surface area contributed by atoms with Gasteiger partial charge in [-0.3, -0.25) is 0 Å². The van der Waals surface area contributed by atoms with Crippen molar-refractivity contribution >= 4 is 22.6 Å². The van der Waals surface area contributed by atoms with E-state index in [9.17, 15) is 5.11 Å². The van der Waals surface area contributed by atoms with Crippen LogP contribution in [0.2, 0.25) is 0 Å². The number of aromatic hydroxyl groups is 1. The second-order valence-corrected chi connectivity index (χ2v) is 7.18. The van der Waals surface area contributed by atoms with Crippen LogP contribution in [0.5, 0.6) is 11.5 Å². The third kappa shape index (κ3) is 5.36. The predicted molar refractivity (Wildman–Crippen MR) is 104 cm³/mol. The summed E-state index contributed by atoms with van der Waals surface area (Å²) in [6, 6.07) is 3.59. The molecule has 1 heterocycles. The van der Waals surface area contributed by atoms with E-state index < -0.39 is 0 Å². The van der Waals surface area contributed by atoms with E-state index in [4.69, 9.17) is 4.74 Å². The van der Waals surface area contributed by atoms with Crippen LogP contribution in [0.1, 0.15) is 56.7 Å². The fourth-order valence-electron chi connectivity index (χ4n) is 2.72. The average molecular weight is 443 g/mol. The number of methoxy groups -OCH3 is 1. The van der Waals surface area contributed by atoms with Crippen molar-refractivity contribution in [2.75, 3.05) is 7.11 Å². The fraction of sp³-hybridized carbons (Fsp3) is 0.556. The number of hydrogen-bond acceptors (Lipinski definition) is 4. The van der Waals surface area contributed by atoms with Gasteiger partial charge in [-0.15, -0.1) is 5.10 Å². The number of halogens is 1. The molecule has 0 aliphatic carbocycles. The SMILES string of the molecule is CCCCCCCCc1cnnn1Cc1cc(OC)c(O)cc1I. The van der Waals surface area contributed by atoms with Gasteiger partial charge in [0.2, 0.25) is 0 Å². The molecular weight excluding hydrogens is 417 g/mol. The summed E-state index contributed by atoms with van der Waals surface area (Å²) in [5, 5.41) is 18.1. The molecule has 0 bridgehead atoms. The first-order valence-electron chi connectivity index (χ1n) is 8.58. The van der Waals surface area contributed by atoms with Gasteiger partial charge >= 0.3 is 0 Å². The molecule has 0 aliphatic rings. The highest BCUT2D eigenvalue weighted by Gasteiger charge is 2.11. The highest BCUT2D eigenvalue weighted by molar-refractivity contribution is 14.1. The molecule has 0 saturated heterocycles.